The molecule has 1 rings (SSSR count). The van der Waals surface area contributed by atoms with E-state index in [0.29, 0.717) is 5.84 Å². The minimum absolute atomic E-state index is 0.240. The van der Waals surface area contributed by atoms with Crippen molar-refractivity contribution in [3.8, 4) is 0 Å². The first-order chi connectivity index (χ1) is 9.90. The van der Waals surface area contributed by atoms with Crippen LogP contribution in [0.4, 0.5) is 5.69 Å². The van der Waals surface area contributed by atoms with Crippen LogP contribution < -0.4 is 10.6 Å². The van der Waals surface area contributed by atoms with Crippen molar-refractivity contribution in [1.82, 2.24) is 0 Å². The minimum atomic E-state index is -0.240. The lowest BCUT2D eigenvalue weighted by Crippen LogP contribution is -2.32. The van der Waals surface area contributed by atoms with E-state index < -0.39 is 0 Å². The molecular formula is C17H29N3O. The van der Waals surface area contributed by atoms with Crippen LogP contribution in [0.2, 0.25) is 0 Å². The Kier molecular flexibility index (Phi) is 6.53. The molecule has 4 nitrogen and oxygen atoms in total. The summed E-state index contributed by atoms with van der Waals surface area (Å²) in [6, 6.07) is 8.74. The Morgan fingerprint density at radius 1 is 1.24 bits per heavy atom. The predicted molar refractivity (Wildman–Crippen MR) is 90.1 cm³/mol. The molecule has 0 fully saturated rings. The van der Waals surface area contributed by atoms with Gasteiger partial charge in [-0.15, -0.1) is 0 Å². The molecule has 1 aromatic rings. The van der Waals surface area contributed by atoms with Gasteiger partial charge in [0.2, 0.25) is 0 Å². The van der Waals surface area contributed by atoms with E-state index in [1.165, 1.54) is 11.3 Å². The van der Waals surface area contributed by atoms with Gasteiger partial charge in [0, 0.05) is 24.7 Å². The van der Waals surface area contributed by atoms with Gasteiger partial charge in [-0.1, -0.05) is 44.5 Å². The highest BCUT2D eigenvalue weighted by atomic mass is 16.4. The van der Waals surface area contributed by atoms with E-state index in [9.17, 15) is 0 Å². The molecule has 0 spiro atoms. The van der Waals surface area contributed by atoms with Crippen LogP contribution in [0.3, 0.4) is 0 Å². The van der Waals surface area contributed by atoms with E-state index in [2.05, 4.69) is 48.3 Å². The Morgan fingerprint density at radius 3 is 2.38 bits per heavy atom. The summed E-state index contributed by atoms with van der Waals surface area (Å²) in [6.45, 7) is 7.20. The topological polar surface area (TPSA) is 61.8 Å². The molecule has 0 saturated heterocycles. The molecule has 0 unspecified atom stereocenters. The van der Waals surface area contributed by atoms with Gasteiger partial charge in [-0.3, -0.25) is 0 Å². The summed E-state index contributed by atoms with van der Waals surface area (Å²) in [5.41, 5.74) is 8.08. The zero-order chi connectivity index (χ0) is 15.9. The van der Waals surface area contributed by atoms with Gasteiger partial charge in [-0.2, -0.15) is 0 Å². The molecule has 0 heterocycles. The Balaban J connectivity index is 2.38. The molecular weight excluding hydrogens is 262 g/mol. The molecule has 0 atom stereocenters. The number of nitrogens with zero attached hydrogens (tertiary/aromatic N) is 2. The van der Waals surface area contributed by atoms with E-state index >= 15 is 0 Å². The number of aryl methyl sites for hydroxylation is 1. The zero-order valence-electron chi connectivity index (χ0n) is 13.8. The van der Waals surface area contributed by atoms with Gasteiger partial charge in [0.1, 0.15) is 5.84 Å². The van der Waals surface area contributed by atoms with E-state index in [0.717, 1.165) is 32.2 Å². The molecule has 0 aromatic heterocycles. The summed E-state index contributed by atoms with van der Waals surface area (Å²) in [5, 5.41) is 11.9. The first-order valence-corrected chi connectivity index (χ1v) is 7.68. The molecule has 21 heavy (non-hydrogen) atoms. The summed E-state index contributed by atoms with van der Waals surface area (Å²) in [5.74, 6) is 0.311. The van der Waals surface area contributed by atoms with Crippen molar-refractivity contribution in [3.05, 3.63) is 29.8 Å². The van der Waals surface area contributed by atoms with Gasteiger partial charge in [-0.25, -0.2) is 0 Å². The van der Waals surface area contributed by atoms with Gasteiger partial charge in [0.15, 0.2) is 0 Å². The van der Waals surface area contributed by atoms with Gasteiger partial charge >= 0.3 is 0 Å². The minimum Gasteiger partial charge on any atom is -0.409 e. The van der Waals surface area contributed by atoms with Crippen LogP contribution in [0.5, 0.6) is 0 Å². The molecule has 0 aliphatic heterocycles. The smallest absolute Gasteiger partial charge is 0.144 e. The summed E-state index contributed by atoms with van der Waals surface area (Å²) in [7, 11) is 2.12. The maximum Gasteiger partial charge on any atom is 0.144 e. The van der Waals surface area contributed by atoms with E-state index in [4.69, 9.17) is 10.9 Å². The fourth-order valence-corrected chi connectivity index (χ4v) is 2.29. The number of benzene rings is 1. The number of anilines is 1. The number of unbranched alkanes of at least 4 members (excludes halogenated alkanes) is 1. The first kappa shape index (κ1) is 17.3. The molecule has 0 aliphatic rings. The van der Waals surface area contributed by atoms with Gasteiger partial charge < -0.3 is 15.8 Å². The lowest BCUT2D eigenvalue weighted by Gasteiger charge is -2.24. The third-order valence-electron chi connectivity index (χ3n) is 4.13. The summed E-state index contributed by atoms with van der Waals surface area (Å²) in [4.78, 5) is 2.27. The predicted octanol–water partition coefficient (Wildman–Crippen LogP) is 3.63. The van der Waals surface area contributed by atoms with Crippen molar-refractivity contribution >= 4 is 11.5 Å². The van der Waals surface area contributed by atoms with Crippen LogP contribution in [0, 0.1) is 5.41 Å². The molecule has 1 aromatic carbocycles. The Bertz CT molecular complexity index is 452. The largest absolute Gasteiger partial charge is 0.409 e. The lowest BCUT2D eigenvalue weighted by molar-refractivity contribution is 0.304. The number of hydrogen-bond acceptors (Lipinski definition) is 3. The average molecular weight is 291 g/mol. The second-order valence-corrected chi connectivity index (χ2v) is 6.27. The molecule has 0 amide bonds. The van der Waals surface area contributed by atoms with Crippen LogP contribution in [-0.2, 0) is 6.42 Å². The van der Waals surface area contributed by atoms with E-state index in [1.807, 2.05) is 13.8 Å². The number of hydrogen-bond donors (Lipinski definition) is 2. The van der Waals surface area contributed by atoms with Gasteiger partial charge in [0.25, 0.3) is 0 Å². The van der Waals surface area contributed by atoms with Crippen molar-refractivity contribution in [2.24, 2.45) is 16.3 Å². The van der Waals surface area contributed by atoms with Crippen LogP contribution in [0.15, 0.2) is 29.4 Å². The average Bonchev–Trinajstić information content (AvgIpc) is 2.50. The first-order valence-electron chi connectivity index (χ1n) is 7.68. The maximum absolute atomic E-state index is 8.76. The number of rotatable bonds is 8. The van der Waals surface area contributed by atoms with Crippen LogP contribution in [-0.4, -0.2) is 24.6 Å². The molecule has 0 bridgehead atoms. The standard InChI is InChI=1S/C17H29N3O/c1-5-14-8-10-15(11-9-14)20(4)13-7-6-12-17(2,3)16(18)19-21/h8-11,21H,5-7,12-13H2,1-4H3,(H2,18,19). The highest BCUT2D eigenvalue weighted by molar-refractivity contribution is 5.85. The molecule has 4 heteroatoms. The highest BCUT2D eigenvalue weighted by Gasteiger charge is 2.22. The normalized spacial score (nSPS) is 12.5. The van der Waals surface area contributed by atoms with Crippen molar-refractivity contribution in [2.75, 3.05) is 18.5 Å². The Labute approximate surface area is 128 Å². The van der Waals surface area contributed by atoms with Crippen molar-refractivity contribution in [1.29, 1.82) is 0 Å². The summed E-state index contributed by atoms with van der Waals surface area (Å²) < 4.78 is 0. The second kappa shape index (κ2) is 7.91. The fraction of sp³-hybridized carbons (Fsp3) is 0.588. The molecule has 0 aliphatic carbocycles. The van der Waals surface area contributed by atoms with Crippen molar-refractivity contribution in [2.45, 2.75) is 46.5 Å². The summed E-state index contributed by atoms with van der Waals surface area (Å²) >= 11 is 0. The third kappa shape index (κ3) is 5.29. The van der Waals surface area contributed by atoms with Crippen molar-refractivity contribution < 1.29 is 5.21 Å². The lowest BCUT2D eigenvalue weighted by atomic mass is 9.86. The SMILES string of the molecule is CCc1ccc(N(C)CCCCC(C)(C)/C(N)=N/O)cc1. The van der Waals surface area contributed by atoms with Crippen LogP contribution >= 0.6 is 0 Å². The van der Waals surface area contributed by atoms with Gasteiger partial charge in [-0.05, 0) is 37.0 Å². The quantitative estimate of drug-likeness (QED) is 0.253. The highest BCUT2D eigenvalue weighted by Crippen LogP contribution is 2.23. The fourth-order valence-electron chi connectivity index (χ4n) is 2.29. The van der Waals surface area contributed by atoms with Crippen LogP contribution in [0.1, 0.15) is 45.6 Å². The second-order valence-electron chi connectivity index (χ2n) is 6.27. The van der Waals surface area contributed by atoms with Crippen molar-refractivity contribution in [3.63, 3.8) is 0 Å². The molecule has 0 radical (unpaired) electrons. The Hall–Kier alpha value is -1.71. The van der Waals surface area contributed by atoms with Gasteiger partial charge in [0.05, 0.1) is 0 Å². The monoisotopic (exact) mass is 291 g/mol. The zero-order valence-corrected chi connectivity index (χ0v) is 13.8. The van der Waals surface area contributed by atoms with Crippen LogP contribution in [0.25, 0.3) is 0 Å². The van der Waals surface area contributed by atoms with E-state index in [-0.39, 0.29) is 5.41 Å². The molecule has 118 valence electrons. The number of oxime groups is 1. The third-order valence-corrected chi connectivity index (χ3v) is 4.13. The van der Waals surface area contributed by atoms with E-state index in [1.54, 1.807) is 0 Å². The Morgan fingerprint density at radius 2 is 1.86 bits per heavy atom. The maximum atomic E-state index is 8.76. The molecule has 0 saturated carbocycles. The molecule has 3 N–H and O–H groups in total. The number of amidine groups is 1. The summed E-state index contributed by atoms with van der Waals surface area (Å²) in [6.07, 6.45) is 4.15. The number of nitrogens with two attached hydrogens (primary N) is 1.